The Bertz CT molecular complexity index is 406. The average molecular weight is 237 g/mol. The van der Waals surface area contributed by atoms with Crippen LogP contribution in [0.1, 0.15) is 11.1 Å². The second-order valence-electron chi connectivity index (χ2n) is 3.63. The fourth-order valence-corrected chi connectivity index (χ4v) is 2.78. The van der Waals surface area contributed by atoms with E-state index in [1.807, 2.05) is 26.0 Å². The van der Waals surface area contributed by atoms with E-state index in [0.717, 1.165) is 16.8 Å². The van der Waals surface area contributed by atoms with Crippen LogP contribution >= 0.6 is 24.0 Å². The lowest BCUT2D eigenvalue weighted by Crippen LogP contribution is -2.28. The van der Waals surface area contributed by atoms with Crippen molar-refractivity contribution in [1.82, 2.24) is 0 Å². The monoisotopic (exact) mass is 237 g/mol. The maximum Gasteiger partial charge on any atom is 0.243 e. The van der Waals surface area contributed by atoms with Gasteiger partial charge >= 0.3 is 0 Å². The topological polar surface area (TPSA) is 20.3 Å². The lowest BCUT2D eigenvalue weighted by molar-refractivity contribution is -0.115. The number of benzene rings is 1. The van der Waals surface area contributed by atoms with E-state index in [0.29, 0.717) is 10.1 Å². The molecule has 0 radical (unpaired) electrons. The second kappa shape index (κ2) is 3.94. The number of nitrogens with zero attached hydrogens (tertiary/aromatic N) is 1. The highest BCUT2D eigenvalue weighted by molar-refractivity contribution is 8.24. The number of hydrogen-bond donors (Lipinski definition) is 0. The Morgan fingerprint density at radius 1 is 1.27 bits per heavy atom. The summed E-state index contributed by atoms with van der Waals surface area (Å²) >= 11 is 6.58. The highest BCUT2D eigenvalue weighted by atomic mass is 32.2. The van der Waals surface area contributed by atoms with Crippen molar-refractivity contribution < 1.29 is 4.79 Å². The maximum absolute atomic E-state index is 11.6. The predicted octanol–water partition coefficient (Wildman–Crippen LogP) is 2.67. The molecular formula is C11H11NOS2. The zero-order chi connectivity index (χ0) is 11.0. The Balaban J connectivity index is 2.44. The molecular weight excluding hydrogens is 226 g/mol. The highest BCUT2D eigenvalue weighted by Crippen LogP contribution is 2.28. The highest BCUT2D eigenvalue weighted by Gasteiger charge is 2.28. The molecule has 0 unspecified atom stereocenters. The molecule has 1 aliphatic rings. The second-order valence-corrected chi connectivity index (χ2v) is 5.24. The van der Waals surface area contributed by atoms with E-state index in [-0.39, 0.29) is 5.91 Å². The van der Waals surface area contributed by atoms with Crippen LogP contribution in [0.3, 0.4) is 0 Å². The van der Waals surface area contributed by atoms with Crippen molar-refractivity contribution in [2.75, 3.05) is 10.7 Å². The summed E-state index contributed by atoms with van der Waals surface area (Å²) in [6, 6.07) is 6.06. The Morgan fingerprint density at radius 2 is 1.87 bits per heavy atom. The fourth-order valence-electron chi connectivity index (χ4n) is 1.68. The molecule has 0 saturated carbocycles. The van der Waals surface area contributed by atoms with Crippen molar-refractivity contribution in [2.24, 2.45) is 0 Å². The van der Waals surface area contributed by atoms with Gasteiger partial charge in [-0.15, -0.1) is 0 Å². The first-order valence-electron chi connectivity index (χ1n) is 4.66. The minimum atomic E-state index is 0.0787. The first kappa shape index (κ1) is 10.6. The molecule has 0 aliphatic carbocycles. The number of anilines is 1. The Labute approximate surface area is 98.7 Å². The number of carbonyl (C=O) groups is 1. The van der Waals surface area contributed by atoms with Crippen molar-refractivity contribution in [2.45, 2.75) is 13.8 Å². The summed E-state index contributed by atoms with van der Waals surface area (Å²) in [7, 11) is 0. The summed E-state index contributed by atoms with van der Waals surface area (Å²) in [4.78, 5) is 13.3. The summed E-state index contributed by atoms with van der Waals surface area (Å²) in [6.07, 6.45) is 0. The van der Waals surface area contributed by atoms with E-state index < -0.39 is 0 Å². The molecule has 2 rings (SSSR count). The molecule has 1 heterocycles. The van der Waals surface area contributed by atoms with Crippen LogP contribution in [0.5, 0.6) is 0 Å². The molecule has 4 heteroatoms. The zero-order valence-corrected chi connectivity index (χ0v) is 10.2. The molecule has 78 valence electrons. The molecule has 0 atom stereocenters. The number of carbonyl (C=O) groups excluding carboxylic acids is 1. The van der Waals surface area contributed by atoms with Crippen molar-refractivity contribution >= 4 is 39.9 Å². The van der Waals surface area contributed by atoms with Crippen molar-refractivity contribution in [3.8, 4) is 0 Å². The van der Waals surface area contributed by atoms with E-state index in [2.05, 4.69) is 6.07 Å². The quantitative estimate of drug-likeness (QED) is 0.700. The molecule has 1 aromatic carbocycles. The van der Waals surface area contributed by atoms with Gasteiger partial charge in [0.25, 0.3) is 0 Å². The molecule has 1 aromatic rings. The first-order valence-corrected chi connectivity index (χ1v) is 6.05. The van der Waals surface area contributed by atoms with Crippen LogP contribution in [0.2, 0.25) is 0 Å². The van der Waals surface area contributed by atoms with Gasteiger partial charge in [0.15, 0.2) is 0 Å². The molecule has 2 nitrogen and oxygen atoms in total. The van der Waals surface area contributed by atoms with E-state index in [1.165, 1.54) is 11.8 Å². The number of thiocarbonyl (C=S) groups is 1. The minimum absolute atomic E-state index is 0.0787. The Hall–Kier alpha value is -0.870. The summed E-state index contributed by atoms with van der Waals surface area (Å²) in [5.41, 5.74) is 3.20. The van der Waals surface area contributed by atoms with Crippen LogP contribution in [0, 0.1) is 13.8 Å². The van der Waals surface area contributed by atoms with Gasteiger partial charge in [0.1, 0.15) is 4.32 Å². The van der Waals surface area contributed by atoms with Gasteiger partial charge < -0.3 is 0 Å². The molecule has 0 spiro atoms. The predicted molar refractivity (Wildman–Crippen MR) is 68.5 cm³/mol. The van der Waals surface area contributed by atoms with Gasteiger partial charge in [-0.25, -0.2) is 0 Å². The normalized spacial score (nSPS) is 16.3. The van der Waals surface area contributed by atoms with Crippen LogP contribution in [0.25, 0.3) is 0 Å². The van der Waals surface area contributed by atoms with Gasteiger partial charge in [-0.2, -0.15) is 0 Å². The Morgan fingerprint density at radius 3 is 2.33 bits per heavy atom. The van der Waals surface area contributed by atoms with E-state index in [1.54, 1.807) is 4.90 Å². The summed E-state index contributed by atoms with van der Waals surface area (Å²) in [5.74, 6) is 0.543. The standard InChI is InChI=1S/C11H11NOS2/c1-7-3-8(2)5-9(4-7)12-10(13)6-15-11(12)14/h3-5H,6H2,1-2H3. The summed E-state index contributed by atoms with van der Waals surface area (Å²) in [6.45, 7) is 4.04. The van der Waals surface area contributed by atoms with E-state index >= 15 is 0 Å². The number of thioether (sulfide) groups is 1. The zero-order valence-electron chi connectivity index (χ0n) is 8.61. The molecule has 15 heavy (non-hydrogen) atoms. The van der Waals surface area contributed by atoms with Crippen LogP contribution in [-0.2, 0) is 4.79 Å². The third kappa shape index (κ3) is 2.06. The molecule has 1 saturated heterocycles. The Kier molecular flexibility index (Phi) is 2.80. The molecule has 1 fully saturated rings. The molecule has 0 bridgehead atoms. The molecule has 0 aromatic heterocycles. The third-order valence-electron chi connectivity index (χ3n) is 2.22. The van der Waals surface area contributed by atoms with Gasteiger partial charge in [-0.05, 0) is 37.1 Å². The molecule has 0 N–H and O–H groups in total. The number of aryl methyl sites for hydroxylation is 2. The summed E-state index contributed by atoms with van der Waals surface area (Å²) in [5, 5.41) is 0. The van der Waals surface area contributed by atoms with Gasteiger partial charge in [0.05, 0.1) is 11.4 Å². The third-order valence-corrected chi connectivity index (χ3v) is 3.57. The SMILES string of the molecule is Cc1cc(C)cc(N2C(=O)CSC2=S)c1. The smallest absolute Gasteiger partial charge is 0.243 e. The largest absolute Gasteiger partial charge is 0.273 e. The molecule has 1 aliphatic heterocycles. The minimum Gasteiger partial charge on any atom is -0.273 e. The van der Waals surface area contributed by atoms with Gasteiger partial charge in [-0.3, -0.25) is 9.69 Å². The van der Waals surface area contributed by atoms with Gasteiger partial charge in [-0.1, -0.05) is 30.0 Å². The lowest BCUT2D eigenvalue weighted by Gasteiger charge is -2.16. The van der Waals surface area contributed by atoms with Crippen LogP contribution < -0.4 is 4.90 Å². The van der Waals surface area contributed by atoms with E-state index in [4.69, 9.17) is 12.2 Å². The molecule has 1 amide bonds. The number of amides is 1. The van der Waals surface area contributed by atoms with E-state index in [9.17, 15) is 4.79 Å². The van der Waals surface area contributed by atoms with Crippen LogP contribution in [0.4, 0.5) is 5.69 Å². The number of hydrogen-bond acceptors (Lipinski definition) is 3. The fraction of sp³-hybridized carbons (Fsp3) is 0.273. The van der Waals surface area contributed by atoms with Gasteiger partial charge in [0.2, 0.25) is 5.91 Å². The maximum atomic E-state index is 11.6. The summed E-state index contributed by atoms with van der Waals surface area (Å²) < 4.78 is 0.657. The van der Waals surface area contributed by atoms with Crippen molar-refractivity contribution in [1.29, 1.82) is 0 Å². The lowest BCUT2D eigenvalue weighted by atomic mass is 10.1. The van der Waals surface area contributed by atoms with Crippen LogP contribution in [-0.4, -0.2) is 16.0 Å². The average Bonchev–Trinajstić information content (AvgIpc) is 2.44. The van der Waals surface area contributed by atoms with Gasteiger partial charge in [0, 0.05) is 0 Å². The van der Waals surface area contributed by atoms with Crippen molar-refractivity contribution in [3.05, 3.63) is 29.3 Å². The number of rotatable bonds is 1. The van der Waals surface area contributed by atoms with Crippen LogP contribution in [0.15, 0.2) is 18.2 Å². The first-order chi connectivity index (χ1) is 7.08. The van der Waals surface area contributed by atoms with Crippen molar-refractivity contribution in [3.63, 3.8) is 0 Å².